The molecule has 1 heterocycles. The minimum Gasteiger partial charge on any atom is -0.465 e. The Morgan fingerprint density at radius 3 is 2.85 bits per heavy atom. The molecule has 0 unspecified atom stereocenters. The van der Waals surface area contributed by atoms with Crippen LogP contribution in [-0.2, 0) is 0 Å². The molecular formula is C16H16N2O2. The maximum Gasteiger partial charge on any atom is 0.271 e. The maximum absolute atomic E-state index is 11.8. The molecule has 102 valence electrons. The topological polar surface area (TPSA) is 54.6 Å². The predicted octanol–water partition coefficient (Wildman–Crippen LogP) is 3.41. The molecule has 0 saturated carbocycles. The van der Waals surface area contributed by atoms with E-state index in [4.69, 9.17) is 4.42 Å². The molecule has 0 aliphatic heterocycles. The van der Waals surface area contributed by atoms with E-state index in [1.54, 1.807) is 18.5 Å². The summed E-state index contributed by atoms with van der Waals surface area (Å²) < 4.78 is 5.19. The first kappa shape index (κ1) is 13.8. The molecule has 2 rings (SSSR count). The van der Waals surface area contributed by atoms with Crippen molar-refractivity contribution in [1.29, 1.82) is 0 Å². The molecule has 0 aliphatic rings. The third kappa shape index (κ3) is 3.95. The summed E-state index contributed by atoms with van der Waals surface area (Å²) in [6.45, 7) is 3.82. The first-order chi connectivity index (χ1) is 9.65. The van der Waals surface area contributed by atoms with Crippen LogP contribution >= 0.6 is 0 Å². The lowest BCUT2D eigenvalue weighted by molar-refractivity contribution is 0.0955. The highest BCUT2D eigenvalue weighted by atomic mass is 16.3. The summed E-state index contributed by atoms with van der Waals surface area (Å²) >= 11 is 0. The van der Waals surface area contributed by atoms with E-state index in [9.17, 15) is 4.79 Å². The minimum atomic E-state index is -0.226. The number of furan rings is 1. The van der Waals surface area contributed by atoms with E-state index in [1.165, 1.54) is 0 Å². The van der Waals surface area contributed by atoms with E-state index in [0.29, 0.717) is 5.56 Å². The first-order valence-corrected chi connectivity index (χ1v) is 6.27. The number of hydrazone groups is 1. The van der Waals surface area contributed by atoms with Crippen molar-refractivity contribution in [3.05, 3.63) is 65.1 Å². The van der Waals surface area contributed by atoms with Crippen LogP contribution in [0.4, 0.5) is 0 Å². The zero-order valence-corrected chi connectivity index (χ0v) is 11.5. The van der Waals surface area contributed by atoms with Crippen molar-refractivity contribution in [2.45, 2.75) is 13.8 Å². The van der Waals surface area contributed by atoms with Crippen molar-refractivity contribution in [2.75, 3.05) is 0 Å². The number of allylic oxidation sites excluding steroid dienone is 1. The Bertz CT molecular complexity index is 640. The lowest BCUT2D eigenvalue weighted by Crippen LogP contribution is -2.17. The molecule has 0 bridgehead atoms. The monoisotopic (exact) mass is 268 g/mol. The van der Waals surface area contributed by atoms with Crippen molar-refractivity contribution < 1.29 is 9.21 Å². The summed E-state index contributed by atoms with van der Waals surface area (Å²) in [5, 5.41) is 3.92. The average molecular weight is 268 g/mol. The Kier molecular flexibility index (Phi) is 4.50. The normalized spacial score (nSPS) is 11.8. The van der Waals surface area contributed by atoms with Gasteiger partial charge in [-0.2, -0.15) is 5.10 Å². The van der Waals surface area contributed by atoms with Crippen LogP contribution in [0.15, 0.2) is 57.8 Å². The third-order valence-corrected chi connectivity index (χ3v) is 2.63. The SMILES string of the molecule is CC(C=NNC(=O)c1cccc(C)c1)=Cc1ccco1. The molecule has 4 heteroatoms. The molecule has 0 radical (unpaired) electrons. The summed E-state index contributed by atoms with van der Waals surface area (Å²) in [6, 6.07) is 11.0. The van der Waals surface area contributed by atoms with Crippen LogP contribution in [0.25, 0.3) is 6.08 Å². The van der Waals surface area contributed by atoms with Gasteiger partial charge in [0.05, 0.1) is 12.5 Å². The van der Waals surface area contributed by atoms with Gasteiger partial charge in [0.15, 0.2) is 0 Å². The number of amides is 1. The summed E-state index contributed by atoms with van der Waals surface area (Å²) in [5.74, 6) is 0.523. The molecule has 0 saturated heterocycles. The fraction of sp³-hybridized carbons (Fsp3) is 0.125. The molecule has 2 aromatic rings. The molecule has 0 fully saturated rings. The Hall–Kier alpha value is -2.62. The number of nitrogens with zero attached hydrogens (tertiary/aromatic N) is 1. The van der Waals surface area contributed by atoms with Gasteiger partial charge in [-0.25, -0.2) is 5.43 Å². The fourth-order valence-corrected chi connectivity index (χ4v) is 1.68. The minimum absolute atomic E-state index is 0.226. The quantitative estimate of drug-likeness (QED) is 0.682. The van der Waals surface area contributed by atoms with Gasteiger partial charge < -0.3 is 4.42 Å². The molecule has 20 heavy (non-hydrogen) atoms. The molecule has 1 N–H and O–H groups in total. The van der Waals surface area contributed by atoms with E-state index < -0.39 is 0 Å². The molecule has 4 nitrogen and oxygen atoms in total. The Balaban J connectivity index is 1.95. The van der Waals surface area contributed by atoms with E-state index in [1.807, 2.05) is 50.3 Å². The van der Waals surface area contributed by atoms with E-state index >= 15 is 0 Å². The van der Waals surface area contributed by atoms with Gasteiger partial charge in [0.25, 0.3) is 5.91 Å². The van der Waals surface area contributed by atoms with Crippen molar-refractivity contribution in [2.24, 2.45) is 5.10 Å². The predicted molar refractivity (Wildman–Crippen MR) is 79.5 cm³/mol. The van der Waals surface area contributed by atoms with Crippen LogP contribution in [-0.4, -0.2) is 12.1 Å². The van der Waals surface area contributed by atoms with Gasteiger partial charge in [-0.1, -0.05) is 17.7 Å². The van der Waals surface area contributed by atoms with Gasteiger partial charge in [-0.05, 0) is 49.8 Å². The van der Waals surface area contributed by atoms with Crippen LogP contribution in [0, 0.1) is 6.92 Å². The van der Waals surface area contributed by atoms with Gasteiger partial charge in [-0.15, -0.1) is 0 Å². The summed E-state index contributed by atoms with van der Waals surface area (Å²) in [5.41, 5.74) is 5.00. The van der Waals surface area contributed by atoms with E-state index in [-0.39, 0.29) is 5.91 Å². The van der Waals surface area contributed by atoms with E-state index in [2.05, 4.69) is 10.5 Å². The Morgan fingerprint density at radius 1 is 1.30 bits per heavy atom. The number of hydrogen-bond donors (Lipinski definition) is 1. The van der Waals surface area contributed by atoms with Crippen LogP contribution in [0.1, 0.15) is 28.6 Å². The number of hydrogen-bond acceptors (Lipinski definition) is 3. The Morgan fingerprint density at radius 2 is 2.15 bits per heavy atom. The molecular weight excluding hydrogens is 252 g/mol. The molecule has 1 aromatic heterocycles. The van der Waals surface area contributed by atoms with Crippen LogP contribution in [0.5, 0.6) is 0 Å². The molecule has 0 spiro atoms. The largest absolute Gasteiger partial charge is 0.465 e. The highest BCUT2D eigenvalue weighted by Crippen LogP contribution is 2.06. The van der Waals surface area contributed by atoms with Gasteiger partial charge in [0, 0.05) is 5.56 Å². The summed E-state index contributed by atoms with van der Waals surface area (Å²) in [7, 11) is 0. The average Bonchev–Trinajstić information content (AvgIpc) is 2.91. The molecule has 0 aliphatic carbocycles. The number of nitrogens with one attached hydrogen (secondary N) is 1. The smallest absolute Gasteiger partial charge is 0.271 e. The lowest BCUT2D eigenvalue weighted by Gasteiger charge is -2.00. The van der Waals surface area contributed by atoms with E-state index in [0.717, 1.165) is 16.9 Å². The number of benzene rings is 1. The fourth-order valence-electron chi connectivity index (χ4n) is 1.68. The third-order valence-electron chi connectivity index (χ3n) is 2.63. The molecule has 1 aromatic carbocycles. The number of aryl methyl sites for hydroxylation is 1. The highest BCUT2D eigenvalue weighted by molar-refractivity contribution is 5.95. The van der Waals surface area contributed by atoms with Crippen LogP contribution < -0.4 is 5.43 Å². The molecule has 1 amide bonds. The van der Waals surface area contributed by atoms with Gasteiger partial charge in [0.1, 0.15) is 5.76 Å². The second-order valence-corrected chi connectivity index (χ2v) is 4.47. The molecule has 0 atom stereocenters. The highest BCUT2D eigenvalue weighted by Gasteiger charge is 2.02. The summed E-state index contributed by atoms with van der Waals surface area (Å²) in [4.78, 5) is 11.8. The standard InChI is InChI=1S/C16H16N2O2/c1-12-5-3-6-14(9-12)16(19)18-17-11-13(2)10-15-7-4-8-20-15/h3-11H,1-2H3,(H,18,19). The van der Waals surface area contributed by atoms with Crippen molar-refractivity contribution in [3.8, 4) is 0 Å². The second kappa shape index (κ2) is 6.52. The zero-order valence-electron chi connectivity index (χ0n) is 11.5. The number of carbonyl (C=O) groups is 1. The van der Waals surface area contributed by atoms with Crippen LogP contribution in [0.3, 0.4) is 0 Å². The second-order valence-electron chi connectivity index (χ2n) is 4.47. The van der Waals surface area contributed by atoms with Crippen molar-refractivity contribution in [3.63, 3.8) is 0 Å². The summed E-state index contributed by atoms with van der Waals surface area (Å²) in [6.07, 6.45) is 5.02. The Labute approximate surface area is 117 Å². The van der Waals surface area contributed by atoms with Crippen molar-refractivity contribution in [1.82, 2.24) is 5.43 Å². The maximum atomic E-state index is 11.8. The first-order valence-electron chi connectivity index (χ1n) is 6.27. The van der Waals surface area contributed by atoms with Gasteiger partial charge in [-0.3, -0.25) is 4.79 Å². The van der Waals surface area contributed by atoms with Gasteiger partial charge >= 0.3 is 0 Å². The van der Waals surface area contributed by atoms with Crippen molar-refractivity contribution >= 4 is 18.2 Å². The number of rotatable bonds is 4. The number of carbonyl (C=O) groups excluding carboxylic acids is 1. The zero-order chi connectivity index (χ0) is 14.4. The van der Waals surface area contributed by atoms with Crippen LogP contribution in [0.2, 0.25) is 0 Å². The lowest BCUT2D eigenvalue weighted by atomic mass is 10.1. The van der Waals surface area contributed by atoms with Gasteiger partial charge in [0.2, 0.25) is 0 Å².